The molecule has 0 bridgehead atoms. The van der Waals surface area contributed by atoms with Crippen molar-refractivity contribution in [3.05, 3.63) is 12.8 Å². The van der Waals surface area contributed by atoms with Gasteiger partial charge in [0.05, 0.1) is 0 Å². The molecule has 0 saturated heterocycles. The fraction of sp³-hybridized carbons (Fsp3) is 0.571. The van der Waals surface area contributed by atoms with Crippen LogP contribution in [0.4, 0.5) is 13.2 Å². The zero-order valence-corrected chi connectivity index (χ0v) is 9.10. The van der Waals surface area contributed by atoms with Gasteiger partial charge in [-0.1, -0.05) is 6.92 Å². The van der Waals surface area contributed by atoms with Crippen LogP contribution in [-0.2, 0) is 10.1 Å². The fourth-order valence-electron chi connectivity index (χ4n) is 0.363. The van der Waals surface area contributed by atoms with Gasteiger partial charge in [0.1, 0.15) is 13.3 Å². The average Bonchev–Trinajstić information content (AvgIpc) is 2.02. The Morgan fingerprint density at radius 3 is 1.87 bits per heavy atom. The highest BCUT2D eigenvalue weighted by atomic mass is 32.2. The van der Waals surface area contributed by atoms with Gasteiger partial charge >= 0.3 is 5.51 Å². The summed E-state index contributed by atoms with van der Waals surface area (Å²) < 4.78 is 60.8. The topological polar surface area (TPSA) is 60.2 Å². The number of rotatable bonds is 2. The third-order valence-corrected chi connectivity index (χ3v) is 1.61. The van der Waals surface area contributed by atoms with Crippen LogP contribution < -0.4 is 0 Å². The van der Waals surface area contributed by atoms with Crippen LogP contribution in [0.5, 0.6) is 0 Å². The summed E-state index contributed by atoms with van der Waals surface area (Å²) in [4.78, 5) is 0. The molecule has 90 valence electrons. The maximum absolute atomic E-state index is 10.7. The van der Waals surface area contributed by atoms with Crippen LogP contribution in [0.15, 0.2) is 12.8 Å². The van der Waals surface area contributed by atoms with Gasteiger partial charge in [-0.25, -0.2) is 13.0 Å². The van der Waals surface area contributed by atoms with E-state index in [0.717, 1.165) is 6.42 Å². The minimum atomic E-state index is -6.09. The molecule has 0 fully saturated rings. The Bertz CT molecular complexity index is 319. The fourth-order valence-corrected chi connectivity index (χ4v) is 0.363. The predicted molar refractivity (Wildman–Crippen MR) is 48.5 cm³/mol. The Hall–Kier alpha value is -0.890. The molecule has 4 nitrogen and oxygen atoms in total. The summed E-state index contributed by atoms with van der Waals surface area (Å²) in [6.45, 7) is 5.67. The Morgan fingerprint density at radius 2 is 1.80 bits per heavy atom. The Labute approximate surface area is 86.5 Å². The van der Waals surface area contributed by atoms with Crippen molar-refractivity contribution in [1.82, 2.24) is 0 Å². The quantitative estimate of drug-likeness (QED) is 0.320. The van der Waals surface area contributed by atoms with Gasteiger partial charge in [0.25, 0.3) is 0 Å². The second-order valence-electron chi connectivity index (χ2n) is 2.34. The first kappa shape index (κ1) is 16.5. The molecule has 0 amide bonds. The summed E-state index contributed by atoms with van der Waals surface area (Å²) in [7, 11) is -4.12. The van der Waals surface area contributed by atoms with Crippen molar-refractivity contribution >= 4 is 16.3 Å². The number of alkyl halides is 3. The standard InChI is InChI=1S/C6H12N.CHF3O3S/c1-4-6-7(3)5-2;2-1(3,4)8(5,6)7/h5-6H,2,4H2,1,3H3;(H,5,6,7)/q+1;/p-1. The van der Waals surface area contributed by atoms with Crippen LogP contribution >= 0.6 is 0 Å². The molecule has 0 N–H and O–H groups in total. The lowest BCUT2D eigenvalue weighted by atomic mass is 10.5. The Balaban J connectivity index is 0. The Morgan fingerprint density at radius 1 is 1.47 bits per heavy atom. The van der Waals surface area contributed by atoms with Crippen molar-refractivity contribution in [2.45, 2.75) is 18.9 Å². The minimum absolute atomic E-state index is 1.07. The molecule has 0 atom stereocenters. The summed E-state index contributed by atoms with van der Waals surface area (Å²) in [5.74, 6) is 0. The molecule has 0 unspecified atom stereocenters. The lowest BCUT2D eigenvalue weighted by Crippen LogP contribution is -2.21. The summed E-state index contributed by atoms with van der Waals surface area (Å²) in [6, 6.07) is 0. The van der Waals surface area contributed by atoms with E-state index in [9.17, 15) is 13.2 Å². The van der Waals surface area contributed by atoms with E-state index in [-0.39, 0.29) is 0 Å². The molecule has 0 heterocycles. The number of nitrogens with zero attached hydrogens (tertiary/aromatic N) is 1. The van der Waals surface area contributed by atoms with Crippen LogP contribution in [-0.4, -0.2) is 36.3 Å². The van der Waals surface area contributed by atoms with Crippen molar-refractivity contribution in [2.24, 2.45) is 0 Å². The normalized spacial score (nSPS) is 12.8. The monoisotopic (exact) mass is 247 g/mol. The third-order valence-electron chi connectivity index (χ3n) is 1.04. The molecule has 0 spiro atoms. The van der Waals surface area contributed by atoms with Gasteiger partial charge in [-0.2, -0.15) is 13.2 Å². The summed E-state index contributed by atoms with van der Waals surface area (Å²) in [5.41, 5.74) is -5.65. The first-order chi connectivity index (χ1) is 6.56. The molecule has 0 aromatic carbocycles. The molecule has 0 aliphatic carbocycles. The zero-order valence-electron chi connectivity index (χ0n) is 8.28. The van der Waals surface area contributed by atoms with Gasteiger partial charge in [0, 0.05) is 6.42 Å². The maximum atomic E-state index is 10.7. The van der Waals surface area contributed by atoms with Gasteiger partial charge in [-0.3, -0.25) is 0 Å². The van der Waals surface area contributed by atoms with E-state index in [1.54, 1.807) is 6.20 Å². The summed E-state index contributed by atoms with van der Waals surface area (Å²) in [6.07, 6.45) is 4.92. The third kappa shape index (κ3) is 9.42. The highest BCUT2D eigenvalue weighted by Crippen LogP contribution is 2.20. The lowest BCUT2D eigenvalue weighted by Gasteiger charge is -2.08. The molecule has 8 heteroatoms. The first-order valence-electron chi connectivity index (χ1n) is 3.76. The van der Waals surface area contributed by atoms with Crippen molar-refractivity contribution in [1.29, 1.82) is 0 Å². The van der Waals surface area contributed by atoms with E-state index in [2.05, 4.69) is 19.7 Å². The van der Waals surface area contributed by atoms with E-state index < -0.39 is 15.6 Å². The highest BCUT2D eigenvalue weighted by molar-refractivity contribution is 7.86. The van der Waals surface area contributed by atoms with Crippen molar-refractivity contribution in [2.75, 3.05) is 7.05 Å². The summed E-state index contributed by atoms with van der Waals surface area (Å²) in [5, 5.41) is 0. The van der Waals surface area contributed by atoms with E-state index >= 15 is 0 Å². The SMILES string of the molecule is C=C[N+](C)=CCC.O=S(=O)([O-])C(F)(F)F. The molecular weight excluding hydrogens is 235 g/mol. The zero-order chi connectivity index (χ0) is 12.7. The second kappa shape index (κ2) is 6.57. The van der Waals surface area contributed by atoms with E-state index in [0.29, 0.717) is 0 Å². The van der Waals surface area contributed by atoms with E-state index in [1.165, 1.54) is 0 Å². The van der Waals surface area contributed by atoms with Gasteiger partial charge in [0.15, 0.2) is 16.3 Å². The van der Waals surface area contributed by atoms with Crippen LogP contribution in [0.2, 0.25) is 0 Å². The second-order valence-corrected chi connectivity index (χ2v) is 3.71. The van der Waals surface area contributed by atoms with E-state index in [4.69, 9.17) is 13.0 Å². The lowest BCUT2D eigenvalue weighted by molar-refractivity contribution is -0.417. The molecular formula is C7H12F3NO3S. The van der Waals surface area contributed by atoms with Gasteiger partial charge < -0.3 is 4.55 Å². The number of hydrogen-bond donors (Lipinski definition) is 0. The van der Waals surface area contributed by atoms with Crippen molar-refractivity contribution < 1.29 is 30.7 Å². The predicted octanol–water partition coefficient (Wildman–Crippen LogP) is 1.30. The molecule has 0 radical (unpaired) electrons. The molecule has 0 aliphatic rings. The molecule has 15 heavy (non-hydrogen) atoms. The van der Waals surface area contributed by atoms with Crippen molar-refractivity contribution in [3.8, 4) is 0 Å². The van der Waals surface area contributed by atoms with Gasteiger partial charge in [-0.15, -0.1) is 0 Å². The molecule has 0 aromatic heterocycles. The van der Waals surface area contributed by atoms with Gasteiger partial charge in [0.2, 0.25) is 0 Å². The van der Waals surface area contributed by atoms with Crippen LogP contribution in [0.1, 0.15) is 13.3 Å². The minimum Gasteiger partial charge on any atom is -0.741 e. The maximum Gasteiger partial charge on any atom is 0.485 e. The largest absolute Gasteiger partial charge is 0.741 e. The molecule has 0 aliphatic heterocycles. The van der Waals surface area contributed by atoms with Crippen molar-refractivity contribution in [3.63, 3.8) is 0 Å². The van der Waals surface area contributed by atoms with E-state index in [1.807, 2.05) is 11.6 Å². The molecule has 0 rings (SSSR count). The average molecular weight is 247 g/mol. The molecule has 0 aromatic rings. The molecule has 0 saturated carbocycles. The van der Waals surface area contributed by atoms with Crippen LogP contribution in [0.25, 0.3) is 0 Å². The Kier molecular flexibility index (Phi) is 7.24. The smallest absolute Gasteiger partial charge is 0.485 e. The number of hydrogen-bond acceptors (Lipinski definition) is 3. The summed E-state index contributed by atoms with van der Waals surface area (Å²) >= 11 is 0. The number of halogens is 3. The van der Waals surface area contributed by atoms with Crippen LogP contribution in [0, 0.1) is 0 Å². The highest BCUT2D eigenvalue weighted by Gasteiger charge is 2.36. The van der Waals surface area contributed by atoms with Crippen LogP contribution in [0.3, 0.4) is 0 Å². The first-order valence-corrected chi connectivity index (χ1v) is 5.17. The van der Waals surface area contributed by atoms with Gasteiger partial charge in [-0.05, 0) is 6.58 Å².